The van der Waals surface area contributed by atoms with E-state index in [1.807, 2.05) is 17.0 Å². The van der Waals surface area contributed by atoms with Crippen molar-refractivity contribution in [3.63, 3.8) is 0 Å². The monoisotopic (exact) mass is 364 g/mol. The number of carbonyl (C=O) groups is 1. The van der Waals surface area contributed by atoms with Crippen molar-refractivity contribution in [2.45, 2.75) is 25.9 Å². The molecule has 0 radical (unpaired) electrons. The van der Waals surface area contributed by atoms with Crippen LogP contribution in [0.1, 0.15) is 23.3 Å². The number of amides is 1. The van der Waals surface area contributed by atoms with E-state index in [4.69, 9.17) is 0 Å². The van der Waals surface area contributed by atoms with E-state index in [1.165, 1.54) is 10.4 Å². The first-order valence-electron chi connectivity index (χ1n) is 7.05. The van der Waals surface area contributed by atoms with E-state index < -0.39 is 0 Å². The number of thiophene rings is 1. The average Bonchev–Trinajstić information content (AvgIpc) is 3.09. The fraction of sp³-hybridized carbons (Fsp3) is 0.312. The van der Waals surface area contributed by atoms with Crippen LogP contribution in [0.25, 0.3) is 0 Å². The summed E-state index contributed by atoms with van der Waals surface area (Å²) in [5.74, 6) is 0.240. The molecular formula is C16H17BrN2OS. The minimum Gasteiger partial charge on any atom is -0.312 e. The Morgan fingerprint density at radius 2 is 2.05 bits per heavy atom. The average molecular weight is 365 g/mol. The minimum atomic E-state index is 0.240. The summed E-state index contributed by atoms with van der Waals surface area (Å²) in [4.78, 5) is 14.9. The summed E-state index contributed by atoms with van der Waals surface area (Å²) in [6.45, 7) is 2.57. The highest BCUT2D eigenvalue weighted by atomic mass is 79.9. The van der Waals surface area contributed by atoms with E-state index in [1.54, 1.807) is 11.3 Å². The van der Waals surface area contributed by atoms with Gasteiger partial charge in [0, 0.05) is 46.5 Å². The predicted octanol–water partition coefficient (Wildman–Crippen LogP) is 3.93. The molecule has 1 N–H and O–H groups in total. The Bertz CT molecular complexity index is 623. The van der Waals surface area contributed by atoms with Crippen LogP contribution in [-0.4, -0.2) is 12.5 Å². The molecule has 0 unspecified atom stereocenters. The molecule has 1 amide bonds. The van der Waals surface area contributed by atoms with Gasteiger partial charge in [-0.2, -0.15) is 0 Å². The van der Waals surface area contributed by atoms with Gasteiger partial charge in [0.05, 0.1) is 0 Å². The second-order valence-electron chi connectivity index (χ2n) is 5.15. The van der Waals surface area contributed by atoms with Gasteiger partial charge < -0.3 is 10.2 Å². The predicted molar refractivity (Wildman–Crippen MR) is 90.6 cm³/mol. The van der Waals surface area contributed by atoms with Crippen LogP contribution < -0.4 is 10.2 Å². The number of anilines is 1. The SMILES string of the molecule is O=C1CCCN1c1ccc(CNCc2cc(Br)cs2)cc1. The molecule has 0 aliphatic carbocycles. The molecule has 0 spiro atoms. The normalized spacial score (nSPS) is 14.9. The van der Waals surface area contributed by atoms with E-state index in [2.05, 4.69) is 44.8 Å². The van der Waals surface area contributed by atoms with Gasteiger partial charge in [0.15, 0.2) is 0 Å². The van der Waals surface area contributed by atoms with Crippen molar-refractivity contribution in [2.75, 3.05) is 11.4 Å². The highest BCUT2D eigenvalue weighted by Gasteiger charge is 2.21. The van der Waals surface area contributed by atoms with Crippen molar-refractivity contribution >= 4 is 38.9 Å². The van der Waals surface area contributed by atoms with E-state index in [-0.39, 0.29) is 5.91 Å². The Morgan fingerprint density at radius 3 is 2.67 bits per heavy atom. The van der Waals surface area contributed by atoms with Crippen molar-refractivity contribution in [1.29, 1.82) is 0 Å². The summed E-state index contributed by atoms with van der Waals surface area (Å²) >= 11 is 5.22. The van der Waals surface area contributed by atoms with Gasteiger partial charge in [0.2, 0.25) is 5.91 Å². The zero-order valence-corrected chi connectivity index (χ0v) is 14.0. The molecule has 2 aromatic rings. The fourth-order valence-electron chi connectivity index (χ4n) is 2.49. The number of halogens is 1. The first kappa shape index (κ1) is 14.8. The smallest absolute Gasteiger partial charge is 0.227 e. The Kier molecular flexibility index (Phi) is 4.73. The van der Waals surface area contributed by atoms with Crippen LogP contribution in [0.4, 0.5) is 5.69 Å². The van der Waals surface area contributed by atoms with Gasteiger partial charge in [0.25, 0.3) is 0 Å². The molecule has 0 bridgehead atoms. The third-order valence-corrected chi connectivity index (χ3v) is 5.27. The van der Waals surface area contributed by atoms with Crippen LogP contribution in [0.15, 0.2) is 40.2 Å². The van der Waals surface area contributed by atoms with Gasteiger partial charge in [-0.3, -0.25) is 4.79 Å². The lowest BCUT2D eigenvalue weighted by Gasteiger charge is -2.16. The molecule has 1 aromatic carbocycles. The topological polar surface area (TPSA) is 32.3 Å². The number of hydrogen-bond acceptors (Lipinski definition) is 3. The molecule has 2 heterocycles. The maximum atomic E-state index is 11.7. The molecule has 3 rings (SSSR count). The number of benzene rings is 1. The summed E-state index contributed by atoms with van der Waals surface area (Å²) in [5, 5.41) is 5.53. The number of rotatable bonds is 5. The van der Waals surface area contributed by atoms with E-state index in [0.29, 0.717) is 6.42 Å². The highest BCUT2D eigenvalue weighted by Crippen LogP contribution is 2.22. The zero-order valence-electron chi connectivity index (χ0n) is 11.6. The Balaban J connectivity index is 1.53. The molecule has 0 atom stereocenters. The van der Waals surface area contributed by atoms with Gasteiger partial charge in [-0.25, -0.2) is 0 Å². The zero-order chi connectivity index (χ0) is 14.7. The number of nitrogens with zero attached hydrogens (tertiary/aromatic N) is 1. The standard InChI is InChI=1S/C16H17BrN2OS/c17-13-8-15(21-11-13)10-18-9-12-3-5-14(6-4-12)19-7-1-2-16(19)20/h3-6,8,11,18H,1-2,7,9-10H2. The van der Waals surface area contributed by atoms with Crippen molar-refractivity contribution in [3.05, 3.63) is 50.6 Å². The number of hydrogen-bond donors (Lipinski definition) is 1. The van der Waals surface area contributed by atoms with Crippen LogP contribution in [0.2, 0.25) is 0 Å². The first-order chi connectivity index (χ1) is 10.2. The Morgan fingerprint density at radius 1 is 1.24 bits per heavy atom. The van der Waals surface area contributed by atoms with Crippen LogP contribution in [-0.2, 0) is 17.9 Å². The van der Waals surface area contributed by atoms with Gasteiger partial charge in [-0.05, 0) is 46.1 Å². The van der Waals surface area contributed by atoms with Crippen LogP contribution in [0.5, 0.6) is 0 Å². The first-order valence-corrected chi connectivity index (χ1v) is 8.72. The van der Waals surface area contributed by atoms with Gasteiger partial charge in [0.1, 0.15) is 0 Å². The second kappa shape index (κ2) is 6.73. The fourth-order valence-corrected chi connectivity index (χ4v) is 3.91. The van der Waals surface area contributed by atoms with Crippen molar-refractivity contribution < 1.29 is 4.79 Å². The van der Waals surface area contributed by atoms with E-state index in [9.17, 15) is 4.79 Å². The number of carbonyl (C=O) groups excluding carboxylic acids is 1. The molecule has 5 heteroatoms. The molecule has 21 heavy (non-hydrogen) atoms. The van der Waals surface area contributed by atoms with Crippen molar-refractivity contribution in [1.82, 2.24) is 5.32 Å². The Hall–Kier alpha value is -1.17. The summed E-state index contributed by atoms with van der Waals surface area (Å²) in [7, 11) is 0. The molecule has 0 saturated carbocycles. The van der Waals surface area contributed by atoms with Crippen LogP contribution >= 0.6 is 27.3 Å². The van der Waals surface area contributed by atoms with E-state index >= 15 is 0 Å². The van der Waals surface area contributed by atoms with Crippen molar-refractivity contribution in [2.24, 2.45) is 0 Å². The van der Waals surface area contributed by atoms with Crippen LogP contribution in [0, 0.1) is 0 Å². The molecule has 3 nitrogen and oxygen atoms in total. The second-order valence-corrected chi connectivity index (χ2v) is 7.06. The molecule has 110 valence electrons. The van der Waals surface area contributed by atoms with Gasteiger partial charge in [-0.15, -0.1) is 11.3 Å². The third kappa shape index (κ3) is 3.73. The summed E-state index contributed by atoms with van der Waals surface area (Å²) in [6, 6.07) is 10.4. The summed E-state index contributed by atoms with van der Waals surface area (Å²) in [5.41, 5.74) is 2.25. The molecule has 1 aliphatic heterocycles. The lowest BCUT2D eigenvalue weighted by molar-refractivity contribution is -0.117. The number of nitrogens with one attached hydrogen (secondary N) is 1. The summed E-state index contributed by atoms with van der Waals surface area (Å²) < 4.78 is 1.14. The molecule has 1 saturated heterocycles. The van der Waals surface area contributed by atoms with E-state index in [0.717, 1.165) is 36.2 Å². The highest BCUT2D eigenvalue weighted by molar-refractivity contribution is 9.10. The quantitative estimate of drug-likeness (QED) is 0.871. The Labute approximate surface area is 137 Å². The lowest BCUT2D eigenvalue weighted by atomic mass is 10.2. The van der Waals surface area contributed by atoms with Gasteiger partial charge >= 0.3 is 0 Å². The maximum absolute atomic E-state index is 11.7. The lowest BCUT2D eigenvalue weighted by Crippen LogP contribution is -2.23. The summed E-state index contributed by atoms with van der Waals surface area (Å²) in [6.07, 6.45) is 1.65. The molecule has 1 fully saturated rings. The molecular weight excluding hydrogens is 348 g/mol. The van der Waals surface area contributed by atoms with Crippen LogP contribution in [0.3, 0.4) is 0 Å². The third-order valence-electron chi connectivity index (χ3n) is 3.57. The maximum Gasteiger partial charge on any atom is 0.227 e. The largest absolute Gasteiger partial charge is 0.312 e. The molecule has 1 aliphatic rings. The molecule has 1 aromatic heterocycles. The minimum absolute atomic E-state index is 0.240. The van der Waals surface area contributed by atoms with Crippen molar-refractivity contribution in [3.8, 4) is 0 Å². The van der Waals surface area contributed by atoms with Gasteiger partial charge in [-0.1, -0.05) is 12.1 Å².